The zero-order valence-electron chi connectivity index (χ0n) is 12.5. The van der Waals surface area contributed by atoms with Crippen LogP contribution in [0.25, 0.3) is 0 Å². The molecule has 0 aliphatic rings. The van der Waals surface area contributed by atoms with Gasteiger partial charge in [0.1, 0.15) is 0 Å². The minimum Gasteiger partial charge on any atom is -0.207 e. The Hall–Kier alpha value is -2.13. The van der Waals surface area contributed by atoms with Gasteiger partial charge in [-0.1, -0.05) is 48.0 Å². The van der Waals surface area contributed by atoms with Crippen LogP contribution in [-0.2, 0) is 10.0 Å². The third-order valence-electron chi connectivity index (χ3n) is 3.30. The average Bonchev–Trinajstić information content (AvgIpc) is 2.53. The number of nitriles is 1. The first-order valence-corrected chi connectivity index (χ1v) is 8.63. The van der Waals surface area contributed by atoms with E-state index in [1.807, 2.05) is 13.0 Å². The number of sulfonamides is 1. The molecule has 0 aliphatic heterocycles. The molecule has 2 aromatic carbocycles. The Morgan fingerprint density at radius 2 is 1.74 bits per heavy atom. The van der Waals surface area contributed by atoms with Gasteiger partial charge in [0.2, 0.25) is 10.0 Å². The van der Waals surface area contributed by atoms with Gasteiger partial charge in [-0.15, -0.1) is 0 Å². The molecular formula is C17H15ClN2O2S. The summed E-state index contributed by atoms with van der Waals surface area (Å²) in [7, 11) is -3.78. The maximum absolute atomic E-state index is 12.5. The van der Waals surface area contributed by atoms with E-state index in [4.69, 9.17) is 16.9 Å². The van der Waals surface area contributed by atoms with Crippen molar-refractivity contribution in [2.75, 3.05) is 0 Å². The lowest BCUT2D eigenvalue weighted by atomic mass is 10.0. The Bertz CT molecular complexity index is 851. The maximum Gasteiger partial charge on any atom is 0.241 e. The Morgan fingerprint density at radius 3 is 2.26 bits per heavy atom. The molecule has 1 N–H and O–H groups in total. The molecule has 0 fully saturated rings. The molecule has 0 saturated carbocycles. The van der Waals surface area contributed by atoms with E-state index in [9.17, 15) is 8.42 Å². The summed E-state index contributed by atoms with van der Waals surface area (Å²) in [4.78, 5) is 0.132. The smallest absolute Gasteiger partial charge is 0.207 e. The van der Waals surface area contributed by atoms with Crippen molar-refractivity contribution in [3.05, 3.63) is 76.8 Å². The highest BCUT2D eigenvalue weighted by Crippen LogP contribution is 2.24. The molecule has 4 nitrogen and oxygen atoms in total. The topological polar surface area (TPSA) is 70.0 Å². The van der Waals surface area contributed by atoms with Crippen molar-refractivity contribution in [1.82, 2.24) is 4.72 Å². The van der Waals surface area contributed by atoms with E-state index >= 15 is 0 Å². The number of nitrogens with one attached hydrogen (secondary N) is 1. The van der Waals surface area contributed by atoms with Gasteiger partial charge in [-0.3, -0.25) is 0 Å². The highest BCUT2D eigenvalue weighted by Gasteiger charge is 2.23. The number of hydrogen-bond donors (Lipinski definition) is 1. The van der Waals surface area contributed by atoms with Gasteiger partial charge >= 0.3 is 0 Å². The van der Waals surface area contributed by atoms with Crippen molar-refractivity contribution in [2.45, 2.75) is 17.9 Å². The summed E-state index contributed by atoms with van der Waals surface area (Å²) in [6, 6.07) is 14.1. The molecule has 0 amide bonds. The molecule has 0 bridgehead atoms. The largest absolute Gasteiger partial charge is 0.241 e. The molecule has 1 atom stereocenters. The van der Waals surface area contributed by atoms with Crippen LogP contribution in [0.4, 0.5) is 0 Å². The Balaban J connectivity index is 2.38. The van der Waals surface area contributed by atoms with Gasteiger partial charge < -0.3 is 0 Å². The first kappa shape index (κ1) is 17.2. The standard InChI is InChI=1S/C17H15ClN2O2S/c1-12-3-9-16(10-4-12)23(21,22)20-17(13(2)11-19)14-5-7-15(18)8-6-14/h3-10,17,20H,2H2,1H3. The van der Waals surface area contributed by atoms with Crippen molar-refractivity contribution in [2.24, 2.45) is 0 Å². The van der Waals surface area contributed by atoms with Crippen LogP contribution in [0.1, 0.15) is 17.2 Å². The number of hydrogen-bond acceptors (Lipinski definition) is 3. The van der Waals surface area contributed by atoms with E-state index in [0.717, 1.165) is 5.56 Å². The van der Waals surface area contributed by atoms with Gasteiger partial charge in [-0.25, -0.2) is 8.42 Å². The molecule has 1 unspecified atom stereocenters. The van der Waals surface area contributed by atoms with Crippen molar-refractivity contribution >= 4 is 21.6 Å². The molecule has 0 radical (unpaired) electrons. The number of benzene rings is 2. The number of rotatable bonds is 5. The summed E-state index contributed by atoms with van der Waals surface area (Å²) in [5, 5.41) is 9.64. The second-order valence-corrected chi connectivity index (χ2v) is 7.21. The fraction of sp³-hybridized carbons (Fsp3) is 0.118. The quantitative estimate of drug-likeness (QED) is 0.838. The summed E-state index contributed by atoms with van der Waals surface area (Å²) in [5.74, 6) is 0. The highest BCUT2D eigenvalue weighted by molar-refractivity contribution is 7.89. The van der Waals surface area contributed by atoms with Gasteiger partial charge in [0.25, 0.3) is 0 Å². The lowest BCUT2D eigenvalue weighted by Crippen LogP contribution is -2.29. The SMILES string of the molecule is C=C(C#N)C(NS(=O)(=O)c1ccc(C)cc1)c1ccc(Cl)cc1. The predicted octanol–water partition coefficient (Wildman–Crippen LogP) is 3.75. The van der Waals surface area contributed by atoms with Crippen LogP contribution in [0.2, 0.25) is 5.02 Å². The van der Waals surface area contributed by atoms with E-state index in [0.29, 0.717) is 10.6 Å². The van der Waals surface area contributed by atoms with Crippen LogP contribution in [0.3, 0.4) is 0 Å². The van der Waals surface area contributed by atoms with Crippen LogP contribution < -0.4 is 4.72 Å². The van der Waals surface area contributed by atoms with Crippen LogP contribution in [-0.4, -0.2) is 8.42 Å². The number of aryl methyl sites for hydroxylation is 1. The molecule has 0 spiro atoms. The van der Waals surface area contributed by atoms with Crippen LogP contribution in [0.15, 0.2) is 65.6 Å². The van der Waals surface area contributed by atoms with Gasteiger partial charge in [-0.2, -0.15) is 9.98 Å². The molecule has 0 heterocycles. The van der Waals surface area contributed by atoms with E-state index in [1.54, 1.807) is 36.4 Å². The maximum atomic E-state index is 12.5. The molecule has 0 saturated heterocycles. The summed E-state index contributed by atoms with van der Waals surface area (Å²) in [5.41, 5.74) is 1.65. The van der Waals surface area contributed by atoms with Gasteiger partial charge in [0.15, 0.2) is 0 Å². The zero-order chi connectivity index (χ0) is 17.0. The molecular weight excluding hydrogens is 332 g/mol. The fourth-order valence-corrected chi connectivity index (χ4v) is 3.35. The molecule has 23 heavy (non-hydrogen) atoms. The zero-order valence-corrected chi connectivity index (χ0v) is 14.0. The molecule has 2 rings (SSSR count). The molecule has 0 aliphatic carbocycles. The van der Waals surface area contributed by atoms with Crippen molar-refractivity contribution < 1.29 is 8.42 Å². The molecule has 6 heteroatoms. The fourth-order valence-electron chi connectivity index (χ4n) is 2.00. The van der Waals surface area contributed by atoms with Crippen molar-refractivity contribution in [3.63, 3.8) is 0 Å². The van der Waals surface area contributed by atoms with Gasteiger partial charge in [0.05, 0.1) is 17.0 Å². The Morgan fingerprint density at radius 1 is 1.17 bits per heavy atom. The third-order valence-corrected chi connectivity index (χ3v) is 4.99. The minimum absolute atomic E-state index is 0.100. The van der Waals surface area contributed by atoms with E-state index in [1.165, 1.54) is 12.1 Å². The summed E-state index contributed by atoms with van der Waals surface area (Å²) >= 11 is 5.85. The van der Waals surface area contributed by atoms with Crippen LogP contribution >= 0.6 is 11.6 Å². The summed E-state index contributed by atoms with van der Waals surface area (Å²) in [6.45, 7) is 5.52. The van der Waals surface area contributed by atoms with E-state index in [-0.39, 0.29) is 10.5 Å². The van der Waals surface area contributed by atoms with E-state index in [2.05, 4.69) is 11.3 Å². The molecule has 2 aromatic rings. The molecule has 0 aromatic heterocycles. The van der Waals surface area contributed by atoms with Crippen molar-refractivity contribution in [3.8, 4) is 6.07 Å². The first-order valence-electron chi connectivity index (χ1n) is 6.77. The first-order chi connectivity index (χ1) is 10.8. The van der Waals surface area contributed by atoms with Crippen LogP contribution in [0, 0.1) is 18.3 Å². The second kappa shape index (κ2) is 6.97. The van der Waals surface area contributed by atoms with Crippen LogP contribution in [0.5, 0.6) is 0 Å². The van der Waals surface area contributed by atoms with E-state index < -0.39 is 16.1 Å². The average molecular weight is 347 g/mol. The third kappa shape index (κ3) is 4.20. The Kier molecular flexibility index (Phi) is 5.22. The molecule has 118 valence electrons. The van der Waals surface area contributed by atoms with Crippen molar-refractivity contribution in [1.29, 1.82) is 5.26 Å². The Labute approximate surface area is 141 Å². The van der Waals surface area contributed by atoms with Gasteiger partial charge in [0, 0.05) is 10.6 Å². The minimum atomic E-state index is -3.78. The monoisotopic (exact) mass is 346 g/mol. The number of halogens is 1. The summed E-state index contributed by atoms with van der Waals surface area (Å²) in [6.07, 6.45) is 0. The van der Waals surface area contributed by atoms with Gasteiger partial charge in [-0.05, 0) is 36.8 Å². The normalized spacial score (nSPS) is 12.4. The lowest BCUT2D eigenvalue weighted by molar-refractivity contribution is 0.572. The predicted molar refractivity (Wildman–Crippen MR) is 90.4 cm³/mol. The second-order valence-electron chi connectivity index (χ2n) is 5.06. The lowest BCUT2D eigenvalue weighted by Gasteiger charge is -2.18. The highest BCUT2D eigenvalue weighted by atomic mass is 35.5. The summed E-state index contributed by atoms with van der Waals surface area (Å²) < 4.78 is 27.6. The number of nitrogens with zero attached hydrogens (tertiary/aromatic N) is 1.